The molecule has 7 nitrogen and oxygen atoms in total. The molecule has 0 spiro atoms. The van der Waals surface area contributed by atoms with Gasteiger partial charge in [-0.15, -0.1) is 11.8 Å². The van der Waals surface area contributed by atoms with Crippen LogP contribution in [0.3, 0.4) is 0 Å². The number of urea groups is 1. The Kier molecular flexibility index (Phi) is 5.29. The van der Waals surface area contributed by atoms with Crippen LogP contribution in [0.25, 0.3) is 0 Å². The van der Waals surface area contributed by atoms with Gasteiger partial charge in [-0.3, -0.25) is 9.69 Å². The second-order valence-corrected chi connectivity index (χ2v) is 7.34. The van der Waals surface area contributed by atoms with Crippen molar-refractivity contribution in [3.05, 3.63) is 42.5 Å². The van der Waals surface area contributed by atoms with E-state index >= 15 is 0 Å². The summed E-state index contributed by atoms with van der Waals surface area (Å²) in [5, 5.41) is 2.84. The first kappa shape index (κ1) is 18.5. The molecule has 1 saturated heterocycles. The molecule has 8 heteroatoms. The Hall–Kier alpha value is -2.87. The largest absolute Gasteiger partial charge is 0.486 e. The molecule has 4 rings (SSSR count). The van der Waals surface area contributed by atoms with Crippen molar-refractivity contribution in [3.63, 3.8) is 0 Å². The number of anilines is 2. The summed E-state index contributed by atoms with van der Waals surface area (Å²) in [7, 11) is 0. The summed E-state index contributed by atoms with van der Waals surface area (Å²) >= 11 is 1.64. The van der Waals surface area contributed by atoms with Gasteiger partial charge in [0.15, 0.2) is 11.5 Å². The van der Waals surface area contributed by atoms with Gasteiger partial charge in [-0.1, -0.05) is 0 Å². The molecule has 1 fully saturated rings. The lowest BCUT2D eigenvalue weighted by molar-refractivity contribution is -0.116. The third kappa shape index (κ3) is 3.87. The molecular formula is C20H21N3O4S. The van der Waals surface area contributed by atoms with E-state index in [9.17, 15) is 9.59 Å². The minimum absolute atomic E-state index is 0.0180. The average Bonchev–Trinajstić information content (AvgIpc) is 3.08. The quantitative estimate of drug-likeness (QED) is 0.783. The number of ether oxygens (including phenoxy) is 2. The van der Waals surface area contributed by atoms with Crippen molar-refractivity contribution in [2.24, 2.45) is 0 Å². The number of amides is 3. The topological polar surface area (TPSA) is 71.1 Å². The molecule has 0 aliphatic carbocycles. The molecule has 28 heavy (non-hydrogen) atoms. The Balaban J connectivity index is 1.38. The van der Waals surface area contributed by atoms with Crippen LogP contribution in [0.2, 0.25) is 0 Å². The first-order valence-corrected chi connectivity index (χ1v) is 10.3. The molecule has 0 bridgehead atoms. The van der Waals surface area contributed by atoms with Crippen molar-refractivity contribution >= 4 is 35.1 Å². The van der Waals surface area contributed by atoms with E-state index in [-0.39, 0.29) is 18.5 Å². The third-order valence-corrected chi connectivity index (χ3v) is 5.38. The number of thioether (sulfide) groups is 1. The summed E-state index contributed by atoms with van der Waals surface area (Å²) in [6.07, 6.45) is 2.00. The van der Waals surface area contributed by atoms with Gasteiger partial charge in [0, 0.05) is 35.4 Å². The van der Waals surface area contributed by atoms with Crippen LogP contribution < -0.4 is 19.7 Å². The fraction of sp³-hybridized carbons (Fsp3) is 0.300. The van der Waals surface area contributed by atoms with Crippen LogP contribution in [-0.2, 0) is 4.79 Å². The highest BCUT2D eigenvalue weighted by Crippen LogP contribution is 2.35. The number of nitrogens with zero attached hydrogens (tertiary/aromatic N) is 2. The van der Waals surface area contributed by atoms with Crippen molar-refractivity contribution in [1.82, 2.24) is 4.90 Å². The third-order valence-electron chi connectivity index (χ3n) is 4.64. The van der Waals surface area contributed by atoms with E-state index in [1.807, 2.05) is 48.7 Å². The van der Waals surface area contributed by atoms with E-state index in [2.05, 4.69) is 5.32 Å². The van der Waals surface area contributed by atoms with E-state index < -0.39 is 0 Å². The fourth-order valence-corrected chi connectivity index (χ4v) is 3.63. The molecule has 2 aliphatic heterocycles. The predicted octanol–water partition coefficient (Wildman–Crippen LogP) is 3.06. The SMILES string of the molecule is CSc1ccc(NC(=O)CN2CCN(c3ccc4c(c3)OCCO4)C2=O)cc1. The van der Waals surface area contributed by atoms with E-state index in [1.165, 1.54) is 0 Å². The highest BCUT2D eigenvalue weighted by atomic mass is 32.2. The minimum Gasteiger partial charge on any atom is -0.486 e. The Morgan fingerprint density at radius 2 is 1.82 bits per heavy atom. The van der Waals surface area contributed by atoms with E-state index in [1.54, 1.807) is 21.6 Å². The highest BCUT2D eigenvalue weighted by molar-refractivity contribution is 7.98. The predicted molar refractivity (Wildman–Crippen MR) is 109 cm³/mol. The lowest BCUT2D eigenvalue weighted by atomic mass is 10.2. The van der Waals surface area contributed by atoms with E-state index in [4.69, 9.17) is 9.47 Å². The molecule has 0 unspecified atom stereocenters. The molecule has 2 aromatic carbocycles. The number of carbonyl (C=O) groups is 2. The number of nitrogens with one attached hydrogen (secondary N) is 1. The zero-order valence-electron chi connectivity index (χ0n) is 15.5. The van der Waals surface area contributed by atoms with Crippen molar-refractivity contribution in [3.8, 4) is 11.5 Å². The number of hydrogen-bond acceptors (Lipinski definition) is 5. The average molecular weight is 399 g/mol. The first-order chi connectivity index (χ1) is 13.6. The summed E-state index contributed by atoms with van der Waals surface area (Å²) in [5.74, 6) is 1.11. The maximum atomic E-state index is 12.7. The first-order valence-electron chi connectivity index (χ1n) is 9.04. The zero-order valence-corrected chi connectivity index (χ0v) is 16.3. The van der Waals surface area contributed by atoms with Gasteiger partial charge in [0.05, 0.1) is 0 Å². The van der Waals surface area contributed by atoms with Crippen molar-refractivity contribution in [2.45, 2.75) is 4.90 Å². The number of fused-ring (bicyclic) bond motifs is 1. The monoisotopic (exact) mass is 399 g/mol. The number of hydrogen-bond donors (Lipinski definition) is 1. The van der Waals surface area contributed by atoms with Crippen molar-refractivity contribution < 1.29 is 19.1 Å². The maximum absolute atomic E-state index is 12.7. The number of carbonyl (C=O) groups excluding carboxylic acids is 2. The van der Waals surface area contributed by atoms with Crippen LogP contribution in [0.4, 0.5) is 16.2 Å². The van der Waals surface area contributed by atoms with Gasteiger partial charge in [-0.25, -0.2) is 4.79 Å². The molecule has 2 aliphatic rings. The summed E-state index contributed by atoms with van der Waals surface area (Å²) < 4.78 is 11.1. The number of rotatable bonds is 5. The summed E-state index contributed by atoms with van der Waals surface area (Å²) in [6, 6.07) is 12.9. The van der Waals surface area contributed by atoms with Crippen LogP contribution in [0, 0.1) is 0 Å². The molecule has 0 aromatic heterocycles. The van der Waals surface area contributed by atoms with Gasteiger partial charge in [0.1, 0.15) is 19.8 Å². The minimum atomic E-state index is -0.214. The molecular weight excluding hydrogens is 378 g/mol. The Labute approximate surface area is 167 Å². The molecule has 3 amide bonds. The van der Waals surface area contributed by atoms with Crippen LogP contribution >= 0.6 is 11.8 Å². The lowest BCUT2D eigenvalue weighted by Crippen LogP contribution is -2.37. The van der Waals surface area contributed by atoms with Crippen LogP contribution in [0.1, 0.15) is 0 Å². The van der Waals surface area contributed by atoms with Crippen LogP contribution in [0.5, 0.6) is 11.5 Å². The second kappa shape index (κ2) is 8.02. The number of benzene rings is 2. The van der Waals surface area contributed by atoms with Gasteiger partial charge >= 0.3 is 6.03 Å². The molecule has 0 saturated carbocycles. The standard InChI is InChI=1S/C20H21N3O4S/c1-28-16-5-2-14(3-6-16)21-19(24)13-22-8-9-23(20(22)25)15-4-7-17-18(12-15)27-11-10-26-17/h2-7,12H,8-11,13H2,1H3,(H,21,24). The van der Waals surface area contributed by atoms with Gasteiger partial charge in [0.25, 0.3) is 0 Å². The van der Waals surface area contributed by atoms with E-state index in [0.717, 1.165) is 16.3 Å². The van der Waals surface area contributed by atoms with Crippen LogP contribution in [0.15, 0.2) is 47.4 Å². The Bertz CT molecular complexity index is 888. The summed E-state index contributed by atoms with van der Waals surface area (Å²) in [5.41, 5.74) is 1.46. The Morgan fingerprint density at radius 1 is 1.07 bits per heavy atom. The molecule has 2 heterocycles. The van der Waals surface area contributed by atoms with E-state index in [0.29, 0.717) is 37.8 Å². The molecule has 0 radical (unpaired) electrons. The molecule has 2 aromatic rings. The van der Waals surface area contributed by atoms with Crippen molar-refractivity contribution in [2.75, 3.05) is 49.3 Å². The van der Waals surface area contributed by atoms with Gasteiger partial charge in [-0.05, 0) is 42.7 Å². The maximum Gasteiger partial charge on any atom is 0.325 e. The van der Waals surface area contributed by atoms with Gasteiger partial charge in [-0.2, -0.15) is 0 Å². The summed E-state index contributed by atoms with van der Waals surface area (Å²) in [6.45, 7) is 2.05. The molecule has 1 N–H and O–H groups in total. The lowest BCUT2D eigenvalue weighted by Gasteiger charge is -2.22. The fourth-order valence-electron chi connectivity index (χ4n) is 3.22. The second-order valence-electron chi connectivity index (χ2n) is 6.46. The van der Waals surface area contributed by atoms with Gasteiger partial charge < -0.3 is 19.7 Å². The highest BCUT2D eigenvalue weighted by Gasteiger charge is 2.31. The smallest absolute Gasteiger partial charge is 0.325 e. The normalized spacial score (nSPS) is 15.7. The Morgan fingerprint density at radius 3 is 2.57 bits per heavy atom. The summed E-state index contributed by atoms with van der Waals surface area (Å²) in [4.78, 5) is 29.4. The van der Waals surface area contributed by atoms with Crippen LogP contribution in [-0.4, -0.2) is 55.9 Å². The molecule has 0 atom stereocenters. The molecule has 146 valence electrons. The zero-order chi connectivity index (χ0) is 19.5. The van der Waals surface area contributed by atoms with Crippen molar-refractivity contribution in [1.29, 1.82) is 0 Å². The van der Waals surface area contributed by atoms with Gasteiger partial charge in [0.2, 0.25) is 5.91 Å².